The van der Waals surface area contributed by atoms with Crippen LogP contribution in [-0.4, -0.2) is 14.7 Å². The van der Waals surface area contributed by atoms with E-state index in [1.165, 1.54) is 24.3 Å². The second-order valence-electron chi connectivity index (χ2n) is 4.15. The molecular weight excluding hydrogens is 304 g/mol. The fraction of sp³-hybridized carbons (Fsp3) is 0.0769. The summed E-state index contributed by atoms with van der Waals surface area (Å²) in [6, 6.07) is 7.45. The summed E-state index contributed by atoms with van der Waals surface area (Å²) < 4.78 is 49.1. The molecule has 0 fully saturated rings. The van der Waals surface area contributed by atoms with E-state index in [1.807, 2.05) is 0 Å². The number of anilines is 1. The predicted molar refractivity (Wildman–Crippen MR) is 74.4 cm³/mol. The Hall–Kier alpha value is -1.60. The van der Waals surface area contributed by atoms with Crippen LogP contribution in [0.25, 0.3) is 0 Å². The third-order valence-electron chi connectivity index (χ3n) is 2.52. The van der Waals surface area contributed by atoms with Crippen molar-refractivity contribution in [3.05, 3.63) is 48.0 Å². The summed E-state index contributed by atoms with van der Waals surface area (Å²) in [6.45, 7) is 0. The number of nitrogens with two attached hydrogens (primary N) is 1. The van der Waals surface area contributed by atoms with Crippen LogP contribution in [0.15, 0.2) is 51.1 Å². The Morgan fingerprint density at radius 2 is 1.70 bits per heavy atom. The van der Waals surface area contributed by atoms with Crippen LogP contribution in [-0.2, 0) is 9.84 Å². The van der Waals surface area contributed by atoms with Gasteiger partial charge in [0.05, 0.1) is 4.90 Å². The maximum atomic E-state index is 13.5. The SMILES string of the molecule is CS(=O)(=O)c1ccc(Sc2ccc(F)cc2F)c(N)c1. The molecule has 3 nitrogen and oxygen atoms in total. The van der Waals surface area contributed by atoms with Gasteiger partial charge in [0.2, 0.25) is 0 Å². The van der Waals surface area contributed by atoms with Crippen LogP contribution in [0.1, 0.15) is 0 Å². The highest BCUT2D eigenvalue weighted by atomic mass is 32.2. The summed E-state index contributed by atoms with van der Waals surface area (Å²) in [6.07, 6.45) is 1.08. The molecule has 0 unspecified atom stereocenters. The van der Waals surface area contributed by atoms with Crippen molar-refractivity contribution in [2.45, 2.75) is 14.7 Å². The number of halogens is 2. The first-order valence-electron chi connectivity index (χ1n) is 5.50. The van der Waals surface area contributed by atoms with Crippen molar-refractivity contribution in [1.82, 2.24) is 0 Å². The molecule has 0 spiro atoms. The van der Waals surface area contributed by atoms with Crippen LogP contribution in [0.4, 0.5) is 14.5 Å². The summed E-state index contributed by atoms with van der Waals surface area (Å²) in [5.41, 5.74) is 5.99. The summed E-state index contributed by atoms with van der Waals surface area (Å²) in [5.74, 6) is -1.35. The number of rotatable bonds is 3. The largest absolute Gasteiger partial charge is 0.398 e. The van der Waals surface area contributed by atoms with E-state index in [0.29, 0.717) is 4.90 Å². The van der Waals surface area contributed by atoms with Crippen molar-refractivity contribution in [1.29, 1.82) is 0 Å². The molecule has 106 valence electrons. The van der Waals surface area contributed by atoms with Gasteiger partial charge in [-0.2, -0.15) is 0 Å². The van der Waals surface area contributed by atoms with Gasteiger partial charge in [-0.05, 0) is 30.3 Å². The summed E-state index contributed by atoms with van der Waals surface area (Å²) in [4.78, 5) is 0.812. The quantitative estimate of drug-likeness (QED) is 0.884. The second kappa shape index (κ2) is 5.41. The molecule has 0 bridgehead atoms. The van der Waals surface area contributed by atoms with Crippen LogP contribution in [0.5, 0.6) is 0 Å². The Morgan fingerprint density at radius 1 is 1.05 bits per heavy atom. The van der Waals surface area contributed by atoms with Gasteiger partial charge in [-0.25, -0.2) is 17.2 Å². The first kappa shape index (κ1) is 14.8. The van der Waals surface area contributed by atoms with Crippen molar-refractivity contribution in [3.8, 4) is 0 Å². The average Bonchev–Trinajstić information content (AvgIpc) is 2.33. The molecule has 0 radical (unpaired) electrons. The van der Waals surface area contributed by atoms with Gasteiger partial charge in [-0.15, -0.1) is 0 Å². The number of hydrogen-bond donors (Lipinski definition) is 1. The first-order chi connectivity index (χ1) is 9.27. The van der Waals surface area contributed by atoms with Gasteiger partial charge in [0, 0.05) is 27.8 Å². The zero-order valence-electron chi connectivity index (χ0n) is 10.4. The molecule has 2 aromatic carbocycles. The minimum Gasteiger partial charge on any atom is -0.398 e. The highest BCUT2D eigenvalue weighted by Crippen LogP contribution is 2.34. The third kappa shape index (κ3) is 3.29. The van der Waals surface area contributed by atoms with E-state index < -0.39 is 21.5 Å². The summed E-state index contributed by atoms with van der Waals surface area (Å²) in [7, 11) is -3.34. The zero-order chi connectivity index (χ0) is 14.9. The van der Waals surface area contributed by atoms with E-state index in [-0.39, 0.29) is 15.5 Å². The van der Waals surface area contributed by atoms with Gasteiger partial charge < -0.3 is 5.73 Å². The molecule has 0 aromatic heterocycles. The normalized spacial score (nSPS) is 11.6. The van der Waals surface area contributed by atoms with Crippen LogP contribution in [0.2, 0.25) is 0 Å². The standard InChI is InChI=1S/C13H11F2NO2S2/c1-20(17,18)9-3-5-13(11(16)7-9)19-12-4-2-8(14)6-10(12)15/h2-7H,16H2,1H3. The lowest BCUT2D eigenvalue weighted by Gasteiger charge is -2.08. The van der Waals surface area contributed by atoms with E-state index in [0.717, 1.165) is 30.2 Å². The minimum atomic E-state index is -3.34. The van der Waals surface area contributed by atoms with Crippen molar-refractivity contribution < 1.29 is 17.2 Å². The van der Waals surface area contributed by atoms with E-state index in [2.05, 4.69) is 0 Å². The van der Waals surface area contributed by atoms with Crippen LogP contribution >= 0.6 is 11.8 Å². The molecule has 0 saturated heterocycles. The van der Waals surface area contributed by atoms with Crippen molar-refractivity contribution in [2.24, 2.45) is 0 Å². The summed E-state index contributed by atoms with van der Waals surface area (Å²) >= 11 is 1.01. The van der Waals surface area contributed by atoms with Gasteiger partial charge in [0.1, 0.15) is 11.6 Å². The van der Waals surface area contributed by atoms with Crippen LogP contribution in [0.3, 0.4) is 0 Å². The fourth-order valence-electron chi connectivity index (χ4n) is 1.53. The van der Waals surface area contributed by atoms with E-state index in [4.69, 9.17) is 5.73 Å². The Balaban J connectivity index is 2.35. The number of hydrogen-bond acceptors (Lipinski definition) is 4. The molecule has 20 heavy (non-hydrogen) atoms. The average molecular weight is 315 g/mol. The Labute approximate surface area is 119 Å². The molecule has 2 N–H and O–H groups in total. The van der Waals surface area contributed by atoms with Crippen LogP contribution in [0, 0.1) is 11.6 Å². The minimum absolute atomic E-state index is 0.0962. The maximum Gasteiger partial charge on any atom is 0.175 e. The molecule has 0 saturated carbocycles. The summed E-state index contributed by atoms with van der Waals surface area (Å²) in [5, 5.41) is 0. The molecular formula is C13H11F2NO2S2. The third-order valence-corrected chi connectivity index (χ3v) is 4.78. The Morgan fingerprint density at radius 3 is 2.25 bits per heavy atom. The molecule has 0 heterocycles. The lowest BCUT2D eigenvalue weighted by molar-refractivity contribution is 0.565. The van der Waals surface area contributed by atoms with Gasteiger partial charge in [-0.1, -0.05) is 11.8 Å². The number of benzene rings is 2. The van der Waals surface area contributed by atoms with E-state index in [9.17, 15) is 17.2 Å². The van der Waals surface area contributed by atoms with E-state index >= 15 is 0 Å². The molecule has 0 atom stereocenters. The van der Waals surface area contributed by atoms with Gasteiger partial charge in [0.25, 0.3) is 0 Å². The second-order valence-corrected chi connectivity index (χ2v) is 7.25. The molecule has 0 aliphatic heterocycles. The molecule has 0 aliphatic carbocycles. The topological polar surface area (TPSA) is 60.2 Å². The van der Waals surface area contributed by atoms with E-state index in [1.54, 1.807) is 0 Å². The van der Waals surface area contributed by atoms with Gasteiger partial charge >= 0.3 is 0 Å². The zero-order valence-corrected chi connectivity index (χ0v) is 12.1. The first-order valence-corrected chi connectivity index (χ1v) is 8.20. The Bertz CT molecular complexity index is 761. The smallest absolute Gasteiger partial charge is 0.175 e. The Kier molecular flexibility index (Phi) is 4.01. The number of sulfone groups is 1. The molecule has 7 heteroatoms. The molecule has 0 amide bonds. The van der Waals surface area contributed by atoms with Gasteiger partial charge in [0.15, 0.2) is 9.84 Å². The van der Waals surface area contributed by atoms with Gasteiger partial charge in [-0.3, -0.25) is 0 Å². The lowest BCUT2D eigenvalue weighted by Crippen LogP contribution is -1.99. The monoisotopic (exact) mass is 315 g/mol. The number of nitrogen functional groups attached to an aromatic ring is 1. The highest BCUT2D eigenvalue weighted by Gasteiger charge is 2.12. The highest BCUT2D eigenvalue weighted by molar-refractivity contribution is 7.99. The molecule has 2 rings (SSSR count). The molecule has 2 aromatic rings. The van der Waals surface area contributed by atoms with Crippen molar-refractivity contribution in [2.75, 3.05) is 12.0 Å². The predicted octanol–water partition coefficient (Wildman–Crippen LogP) is 3.10. The molecule has 0 aliphatic rings. The lowest BCUT2D eigenvalue weighted by atomic mass is 10.3. The van der Waals surface area contributed by atoms with Crippen molar-refractivity contribution >= 4 is 27.3 Å². The van der Waals surface area contributed by atoms with Crippen LogP contribution < -0.4 is 5.73 Å². The fourth-order valence-corrected chi connectivity index (χ4v) is 3.03. The van der Waals surface area contributed by atoms with Crippen molar-refractivity contribution in [3.63, 3.8) is 0 Å². The maximum absolute atomic E-state index is 13.5.